The SMILES string of the molecule is c1ccc(-c2ccc(-c3nc(-c4cccc(-c5ccccc5)c4)nc4c3sc3ccccc34)cc2)cc1.c1ccc(-c2cccc(-c3ccc(-c4nc(-c5cccc(-c6ccccc6)c5)nc5c4sc4ccccc45)cc3)c2)cc1.c1ccc(-c2cccc(-c3cccc(-c4nc(-c5ccccc5)c5sc6ccccc6c5n4)c3)c2)cc1. The van der Waals surface area contributed by atoms with Crippen molar-refractivity contribution >= 4 is 94.9 Å². The molecule has 0 N–H and O–H groups in total. The minimum Gasteiger partial charge on any atom is -0.226 e. The Kier molecular flexibility index (Phi) is 19.6. The van der Waals surface area contributed by atoms with Gasteiger partial charge in [-0.1, -0.05) is 376 Å². The quantitative estimate of drug-likeness (QED) is 0.114. The zero-order chi connectivity index (χ0) is 77.8. The smallest absolute Gasteiger partial charge is 0.160 e. The maximum absolute atomic E-state index is 5.23. The molecule has 16 aromatic carbocycles. The van der Waals surface area contributed by atoms with E-state index in [4.69, 9.17) is 29.9 Å². The maximum Gasteiger partial charge on any atom is 0.160 e. The first kappa shape index (κ1) is 71.5. The van der Waals surface area contributed by atoms with E-state index in [9.17, 15) is 0 Å². The van der Waals surface area contributed by atoms with Crippen molar-refractivity contribution in [2.24, 2.45) is 0 Å². The highest BCUT2D eigenvalue weighted by Crippen LogP contribution is 2.45. The lowest BCUT2D eigenvalue weighted by atomic mass is 9.98. The second-order valence-corrected chi connectivity index (χ2v) is 31.9. The molecule has 0 fully saturated rings. The largest absolute Gasteiger partial charge is 0.226 e. The van der Waals surface area contributed by atoms with Crippen molar-refractivity contribution in [1.29, 1.82) is 0 Å². The van der Waals surface area contributed by atoms with Crippen LogP contribution < -0.4 is 0 Å². The summed E-state index contributed by atoms with van der Waals surface area (Å²) < 4.78 is 7.04. The van der Waals surface area contributed by atoms with E-state index in [0.29, 0.717) is 0 Å². The second kappa shape index (κ2) is 32.1. The summed E-state index contributed by atoms with van der Waals surface area (Å²) >= 11 is 5.29. The van der Waals surface area contributed by atoms with Crippen LogP contribution >= 0.6 is 34.0 Å². The van der Waals surface area contributed by atoms with Gasteiger partial charge in [-0.3, -0.25) is 0 Å². The molecule has 0 aliphatic heterocycles. The predicted molar refractivity (Wildman–Crippen MR) is 495 cm³/mol. The van der Waals surface area contributed by atoms with Crippen molar-refractivity contribution in [3.05, 3.63) is 425 Å². The van der Waals surface area contributed by atoms with E-state index in [-0.39, 0.29) is 0 Å². The van der Waals surface area contributed by atoms with Crippen molar-refractivity contribution in [3.8, 4) is 146 Å². The third kappa shape index (κ3) is 14.8. The summed E-state index contributed by atoms with van der Waals surface area (Å²) in [6, 6.07) is 149. The fourth-order valence-electron chi connectivity index (χ4n) is 15.4. The van der Waals surface area contributed by atoms with Gasteiger partial charge < -0.3 is 0 Å². The topological polar surface area (TPSA) is 77.3 Å². The first-order valence-corrected chi connectivity index (χ1v) is 41.6. The van der Waals surface area contributed by atoms with Crippen LogP contribution in [0, 0.1) is 0 Å². The first-order chi connectivity index (χ1) is 58.0. The molecule has 0 aliphatic rings. The fraction of sp³-hybridized carbons (Fsp3) is 0. The molecule has 0 atom stereocenters. The molecule has 0 aliphatic carbocycles. The van der Waals surface area contributed by atoms with Gasteiger partial charge in [-0.15, -0.1) is 34.0 Å². The van der Waals surface area contributed by atoms with Gasteiger partial charge in [0.15, 0.2) is 17.5 Å². The lowest BCUT2D eigenvalue weighted by Gasteiger charge is -2.10. The van der Waals surface area contributed by atoms with Gasteiger partial charge in [0.25, 0.3) is 0 Å². The molecule has 6 nitrogen and oxygen atoms in total. The first-order valence-electron chi connectivity index (χ1n) is 39.1. The Morgan fingerprint density at radius 2 is 0.316 bits per heavy atom. The lowest BCUT2D eigenvalue weighted by Crippen LogP contribution is -1.94. The monoisotopic (exact) mass is 1550 g/mol. The van der Waals surface area contributed by atoms with Crippen LogP contribution in [0.4, 0.5) is 0 Å². The Balaban J connectivity index is 0.000000113. The Morgan fingerprint density at radius 3 is 0.598 bits per heavy atom. The normalized spacial score (nSPS) is 11.2. The van der Waals surface area contributed by atoms with Gasteiger partial charge in [0.05, 0.1) is 47.7 Å². The molecule has 550 valence electrons. The Bertz CT molecular complexity index is 7340. The highest BCUT2D eigenvalue weighted by atomic mass is 32.1. The zero-order valence-corrected chi connectivity index (χ0v) is 65.8. The molecule has 9 heteroatoms. The van der Waals surface area contributed by atoms with Crippen LogP contribution in [0.15, 0.2) is 425 Å². The number of hydrogen-bond donors (Lipinski definition) is 0. The van der Waals surface area contributed by atoms with Crippen LogP contribution in [0.25, 0.3) is 207 Å². The average Bonchev–Trinajstić information content (AvgIpc) is 1.61. The van der Waals surface area contributed by atoms with E-state index in [1.165, 1.54) is 91.5 Å². The van der Waals surface area contributed by atoms with E-state index in [2.05, 4.69) is 394 Å². The van der Waals surface area contributed by atoms with Crippen molar-refractivity contribution < 1.29 is 0 Å². The molecule has 22 rings (SSSR count). The summed E-state index contributed by atoms with van der Waals surface area (Å²) in [7, 11) is 0. The number of rotatable bonds is 13. The van der Waals surface area contributed by atoms with E-state index in [1.54, 1.807) is 34.0 Å². The maximum atomic E-state index is 5.23. The zero-order valence-electron chi connectivity index (χ0n) is 63.3. The minimum atomic E-state index is 0.739. The molecular weight excluding hydrogens is 1480 g/mol. The van der Waals surface area contributed by atoms with Gasteiger partial charge in [0, 0.05) is 63.6 Å². The standard InChI is InChI=1S/C40H26N2S.2C34H22N2S/c1-3-11-27(12-4-1)31-15-9-16-32(25-31)29-21-23-30(24-22-29)37-39-38(35-19-7-8-20-36(35)43-39)42-40(41-37)34-18-10-17-33(26-34)28-13-5-2-6-14-28;1-3-11-23(12-4-1)25-15-9-16-26(21-25)27-17-10-18-28(22-27)34-35-31(24-13-5-2-6-14-24)33-32(36-34)29-19-7-8-20-30(29)37-33;1-3-10-23(11-4-1)25-18-20-26(21-19-25)31-33-32(29-16-7-8-17-30(29)37-33)36-34(35-31)28-15-9-14-27(22-28)24-12-5-2-6-13-24/h1-26H;2*1-22H. The molecule has 0 radical (unpaired) electrons. The van der Waals surface area contributed by atoms with Crippen molar-refractivity contribution in [2.45, 2.75) is 0 Å². The lowest BCUT2D eigenvalue weighted by molar-refractivity contribution is 1.24. The number of aromatic nitrogens is 6. The van der Waals surface area contributed by atoms with Gasteiger partial charge in [0.1, 0.15) is 0 Å². The van der Waals surface area contributed by atoms with E-state index < -0.39 is 0 Å². The van der Waals surface area contributed by atoms with Crippen molar-refractivity contribution in [2.75, 3.05) is 0 Å². The second-order valence-electron chi connectivity index (χ2n) is 28.8. The van der Waals surface area contributed by atoms with E-state index in [1.807, 2.05) is 30.3 Å². The van der Waals surface area contributed by atoms with Gasteiger partial charge in [-0.2, -0.15) is 0 Å². The summed E-state index contributed by atoms with van der Waals surface area (Å²) in [6.07, 6.45) is 0. The van der Waals surface area contributed by atoms with Crippen LogP contribution in [-0.2, 0) is 0 Å². The predicted octanol–water partition coefficient (Wildman–Crippen LogP) is 30.2. The highest BCUT2D eigenvalue weighted by molar-refractivity contribution is 7.27. The van der Waals surface area contributed by atoms with Crippen LogP contribution in [0.5, 0.6) is 0 Å². The third-order valence-electron chi connectivity index (χ3n) is 21.3. The van der Waals surface area contributed by atoms with E-state index in [0.717, 1.165) is 115 Å². The highest BCUT2D eigenvalue weighted by Gasteiger charge is 2.22. The summed E-state index contributed by atoms with van der Waals surface area (Å²) in [4.78, 5) is 30.9. The fourth-order valence-corrected chi connectivity index (χ4v) is 18.9. The molecule has 0 bridgehead atoms. The van der Waals surface area contributed by atoms with E-state index >= 15 is 0 Å². The summed E-state index contributed by atoms with van der Waals surface area (Å²) in [5.41, 5.74) is 28.9. The third-order valence-corrected chi connectivity index (χ3v) is 24.8. The number of nitrogens with zero attached hydrogens (tertiary/aromatic N) is 6. The van der Waals surface area contributed by atoms with Gasteiger partial charge in [0.2, 0.25) is 0 Å². The Labute approximate surface area is 690 Å². The Morgan fingerprint density at radius 1 is 0.137 bits per heavy atom. The van der Waals surface area contributed by atoms with Crippen LogP contribution in [0.2, 0.25) is 0 Å². The van der Waals surface area contributed by atoms with Gasteiger partial charge >= 0.3 is 0 Å². The van der Waals surface area contributed by atoms with Crippen molar-refractivity contribution in [1.82, 2.24) is 29.9 Å². The molecule has 0 saturated carbocycles. The molecule has 6 aromatic heterocycles. The molecule has 117 heavy (non-hydrogen) atoms. The summed E-state index contributed by atoms with van der Waals surface area (Å²) in [5.74, 6) is 2.23. The van der Waals surface area contributed by atoms with Crippen molar-refractivity contribution in [3.63, 3.8) is 0 Å². The van der Waals surface area contributed by atoms with Crippen LogP contribution in [-0.4, -0.2) is 29.9 Å². The number of benzene rings is 16. The molecule has 6 heterocycles. The van der Waals surface area contributed by atoms with Gasteiger partial charge in [-0.25, -0.2) is 29.9 Å². The summed E-state index contributed by atoms with van der Waals surface area (Å²) in [6.45, 7) is 0. The molecule has 0 amide bonds. The van der Waals surface area contributed by atoms with Crippen LogP contribution in [0.3, 0.4) is 0 Å². The Hall–Kier alpha value is -14.6. The number of hydrogen-bond acceptors (Lipinski definition) is 9. The molecule has 0 saturated heterocycles. The number of thiophene rings is 3. The minimum absolute atomic E-state index is 0.739. The number of fused-ring (bicyclic) bond motifs is 9. The van der Waals surface area contributed by atoms with Crippen LogP contribution in [0.1, 0.15) is 0 Å². The molecular formula is C108H70N6S3. The molecule has 0 spiro atoms. The summed E-state index contributed by atoms with van der Waals surface area (Å²) in [5, 5.41) is 3.52. The molecule has 22 aromatic rings. The average molecular weight is 1550 g/mol. The van der Waals surface area contributed by atoms with Gasteiger partial charge in [-0.05, 0) is 126 Å². The molecule has 0 unspecified atom stereocenters.